The van der Waals surface area contributed by atoms with Crippen molar-refractivity contribution in [1.82, 2.24) is 9.29 Å². The van der Waals surface area contributed by atoms with Crippen molar-refractivity contribution < 1.29 is 13.2 Å². The molecule has 5 aliphatic rings. The molecule has 5 nitrogen and oxygen atoms in total. The van der Waals surface area contributed by atoms with Gasteiger partial charge in [0.15, 0.2) is 0 Å². The van der Waals surface area contributed by atoms with Crippen LogP contribution >= 0.6 is 0 Å². The van der Waals surface area contributed by atoms with Crippen molar-refractivity contribution in [1.29, 1.82) is 0 Å². The Morgan fingerprint density at radius 1 is 1.11 bits per heavy atom. The highest BCUT2D eigenvalue weighted by Gasteiger charge is 2.66. The van der Waals surface area contributed by atoms with Crippen molar-refractivity contribution in [2.75, 3.05) is 13.3 Å². The average Bonchev–Trinajstić information content (AvgIpc) is 3.37. The smallest absolute Gasteiger partial charge is 0.211 e. The van der Waals surface area contributed by atoms with Crippen LogP contribution in [0.1, 0.15) is 69.8 Å². The SMILES string of the molecule is CN([C@H]1CCC2=CC3=CC[C@]4(C)C(c5ccc6ccncc6c5)CC[C@H]4C34CC[C@]2(C1)O4)S(C)(=O)=O. The van der Waals surface area contributed by atoms with Gasteiger partial charge in [-0.1, -0.05) is 31.2 Å². The summed E-state index contributed by atoms with van der Waals surface area (Å²) in [5, 5.41) is 2.46. The van der Waals surface area contributed by atoms with Gasteiger partial charge in [0.25, 0.3) is 0 Å². The van der Waals surface area contributed by atoms with E-state index in [4.69, 9.17) is 4.74 Å². The van der Waals surface area contributed by atoms with E-state index < -0.39 is 10.0 Å². The molecular formula is C30H36N2O3S. The fourth-order valence-corrected chi connectivity index (χ4v) is 9.55. The predicted molar refractivity (Wildman–Crippen MR) is 142 cm³/mol. The maximum absolute atomic E-state index is 12.3. The van der Waals surface area contributed by atoms with E-state index >= 15 is 0 Å². The van der Waals surface area contributed by atoms with Crippen LogP contribution in [0, 0.1) is 11.3 Å². The van der Waals surface area contributed by atoms with Gasteiger partial charge in [-0.15, -0.1) is 0 Å². The van der Waals surface area contributed by atoms with Crippen molar-refractivity contribution in [2.24, 2.45) is 11.3 Å². The summed E-state index contributed by atoms with van der Waals surface area (Å²) in [6.07, 6.45) is 18.2. The van der Waals surface area contributed by atoms with Crippen LogP contribution in [0.4, 0.5) is 0 Å². The van der Waals surface area contributed by atoms with Gasteiger partial charge in [-0.3, -0.25) is 4.98 Å². The molecule has 6 atom stereocenters. The van der Waals surface area contributed by atoms with Gasteiger partial charge in [-0.2, -0.15) is 0 Å². The molecule has 2 spiro atoms. The zero-order chi connectivity index (χ0) is 24.9. The minimum atomic E-state index is -3.22. The molecule has 2 aliphatic heterocycles. The lowest BCUT2D eigenvalue weighted by atomic mass is 9.58. The molecule has 3 fully saturated rings. The van der Waals surface area contributed by atoms with E-state index in [2.05, 4.69) is 48.3 Å². The first-order chi connectivity index (χ1) is 17.1. The summed E-state index contributed by atoms with van der Waals surface area (Å²) < 4.78 is 33.6. The number of hydrogen-bond acceptors (Lipinski definition) is 4. The van der Waals surface area contributed by atoms with Crippen LogP contribution in [0.2, 0.25) is 0 Å². The standard InChI is InChI=1S/C30H36N2O3S/c1-28-12-10-24-17-23-6-7-25(32(2)36(3,33)34)18-29(23)13-14-30(24,35-29)27(28)9-8-26(28)21-5-4-20-11-15-31-19-22(20)16-21/h4-5,10-11,15-17,19,25-27H,6-9,12-14,18H2,1-3H3/t25-,26?,27+,28+,29+,30?/m0/s1. The van der Waals surface area contributed by atoms with Gasteiger partial charge in [0.05, 0.1) is 17.5 Å². The molecule has 1 aromatic heterocycles. The summed E-state index contributed by atoms with van der Waals surface area (Å²) in [4.78, 5) is 4.36. The molecule has 2 bridgehead atoms. The lowest BCUT2D eigenvalue weighted by Crippen LogP contribution is -2.55. The summed E-state index contributed by atoms with van der Waals surface area (Å²) in [5.74, 6) is 0.977. The monoisotopic (exact) mass is 504 g/mol. The third-order valence-corrected chi connectivity index (χ3v) is 12.1. The molecular weight excluding hydrogens is 468 g/mol. The van der Waals surface area contributed by atoms with Crippen molar-refractivity contribution >= 4 is 20.8 Å². The van der Waals surface area contributed by atoms with Crippen molar-refractivity contribution in [3.05, 3.63) is 65.5 Å². The van der Waals surface area contributed by atoms with Gasteiger partial charge >= 0.3 is 0 Å². The van der Waals surface area contributed by atoms with E-state index in [1.807, 2.05) is 12.4 Å². The summed E-state index contributed by atoms with van der Waals surface area (Å²) in [6.45, 7) is 2.50. The third kappa shape index (κ3) is 3.07. The van der Waals surface area contributed by atoms with Crippen LogP contribution in [0.3, 0.4) is 0 Å². The minimum absolute atomic E-state index is 0.00957. The number of rotatable bonds is 3. The van der Waals surface area contributed by atoms with E-state index in [0.717, 1.165) is 38.5 Å². The predicted octanol–water partition coefficient (Wildman–Crippen LogP) is 5.74. The second-order valence-electron chi connectivity index (χ2n) is 12.4. The number of aromatic nitrogens is 1. The highest BCUT2D eigenvalue weighted by molar-refractivity contribution is 7.88. The summed E-state index contributed by atoms with van der Waals surface area (Å²) >= 11 is 0. The summed E-state index contributed by atoms with van der Waals surface area (Å²) in [7, 11) is -1.48. The summed E-state index contributed by atoms with van der Waals surface area (Å²) in [6, 6.07) is 9.04. The van der Waals surface area contributed by atoms with Crippen LogP contribution in [-0.4, -0.2) is 48.3 Å². The van der Waals surface area contributed by atoms with E-state index in [0.29, 0.717) is 11.8 Å². The molecule has 2 aromatic rings. The molecule has 2 unspecified atom stereocenters. The van der Waals surface area contributed by atoms with E-state index in [9.17, 15) is 8.42 Å². The highest BCUT2D eigenvalue weighted by Crippen LogP contribution is 2.69. The van der Waals surface area contributed by atoms with Gasteiger partial charge in [0.1, 0.15) is 0 Å². The van der Waals surface area contributed by atoms with Gasteiger partial charge in [0.2, 0.25) is 10.0 Å². The largest absolute Gasteiger partial charge is 0.359 e. The fourth-order valence-electron chi connectivity index (χ4n) is 8.83. The average molecular weight is 505 g/mol. The molecule has 7 rings (SSSR count). The van der Waals surface area contributed by atoms with Crippen LogP contribution in [-0.2, 0) is 14.8 Å². The molecule has 1 saturated heterocycles. The Morgan fingerprint density at radius 2 is 1.97 bits per heavy atom. The van der Waals surface area contributed by atoms with Crippen LogP contribution in [0.5, 0.6) is 0 Å². The van der Waals surface area contributed by atoms with Crippen LogP contribution in [0.25, 0.3) is 10.8 Å². The van der Waals surface area contributed by atoms with Crippen LogP contribution in [0.15, 0.2) is 60.0 Å². The Morgan fingerprint density at radius 3 is 2.81 bits per heavy atom. The summed E-state index contributed by atoms with van der Waals surface area (Å²) in [5.41, 5.74) is 3.86. The first-order valence-electron chi connectivity index (χ1n) is 13.5. The number of sulfonamides is 1. The van der Waals surface area contributed by atoms with Gasteiger partial charge in [-0.25, -0.2) is 12.7 Å². The number of ether oxygens (including phenoxy) is 1. The maximum Gasteiger partial charge on any atom is 0.211 e. The van der Waals surface area contributed by atoms with E-state index in [1.165, 1.54) is 46.6 Å². The Balaban J connectivity index is 1.25. The second kappa shape index (κ2) is 7.52. The Labute approximate surface area is 214 Å². The number of benzene rings is 1. The van der Waals surface area contributed by atoms with Gasteiger partial charge in [-0.05, 0) is 103 Å². The minimum Gasteiger partial charge on any atom is -0.359 e. The fraction of sp³-hybridized carbons (Fsp3) is 0.567. The highest BCUT2D eigenvalue weighted by atomic mass is 32.2. The Bertz CT molecular complexity index is 1430. The molecule has 1 aromatic carbocycles. The molecule has 3 heterocycles. The number of pyridine rings is 1. The Kier molecular flexibility index (Phi) is 4.83. The van der Waals surface area contributed by atoms with Crippen molar-refractivity contribution in [3.63, 3.8) is 0 Å². The lowest BCUT2D eigenvalue weighted by Gasteiger charge is -2.54. The normalized spacial score (nSPS) is 39.4. The number of hydrogen-bond donors (Lipinski definition) is 0. The first-order valence-corrected chi connectivity index (χ1v) is 15.4. The molecule has 190 valence electrons. The Hall–Kier alpha value is -2.02. The number of nitrogens with zero attached hydrogens (tertiary/aromatic N) is 2. The van der Waals surface area contributed by atoms with Gasteiger partial charge < -0.3 is 4.74 Å². The number of fused-ring (bicyclic) bond motifs is 2. The van der Waals surface area contributed by atoms with Crippen molar-refractivity contribution in [3.8, 4) is 0 Å². The first kappa shape index (κ1) is 23.1. The molecule has 3 aliphatic carbocycles. The zero-order valence-corrected chi connectivity index (χ0v) is 22.4. The maximum atomic E-state index is 12.3. The molecule has 2 saturated carbocycles. The zero-order valence-electron chi connectivity index (χ0n) is 21.5. The quantitative estimate of drug-likeness (QED) is 0.535. The molecule has 36 heavy (non-hydrogen) atoms. The van der Waals surface area contributed by atoms with Crippen LogP contribution < -0.4 is 0 Å². The molecule has 0 radical (unpaired) electrons. The van der Waals surface area contributed by atoms with E-state index in [1.54, 1.807) is 11.4 Å². The van der Waals surface area contributed by atoms with Crippen molar-refractivity contribution in [2.45, 2.75) is 81.5 Å². The van der Waals surface area contributed by atoms with E-state index in [-0.39, 0.29) is 22.7 Å². The molecule has 0 N–H and O–H groups in total. The second-order valence-corrected chi connectivity index (χ2v) is 14.4. The molecule has 6 heteroatoms. The topological polar surface area (TPSA) is 59.5 Å². The lowest BCUT2D eigenvalue weighted by molar-refractivity contribution is -0.138. The number of allylic oxidation sites excluding steroid dienone is 1. The van der Waals surface area contributed by atoms with Gasteiger partial charge in [0, 0.05) is 30.9 Å². The third-order valence-electron chi connectivity index (χ3n) is 10.8. The molecule has 0 amide bonds.